The molecule has 11 atom stereocenters. The third-order valence-corrected chi connectivity index (χ3v) is 16.3. The largest absolute Gasteiger partial charge is 0.460 e. The molecule has 5 saturated carbocycles. The molecule has 14 nitrogen and oxygen atoms in total. The number of nitrogens with zero attached hydrogens (tertiary/aromatic N) is 1. The van der Waals surface area contributed by atoms with Crippen LogP contribution in [-0.2, 0) is 54.2 Å². The van der Waals surface area contributed by atoms with Crippen molar-refractivity contribution < 1.29 is 52.8 Å². The predicted molar refractivity (Wildman–Crippen MR) is 232 cm³/mol. The summed E-state index contributed by atoms with van der Waals surface area (Å²) in [5, 5.41) is 17.4. The van der Waals surface area contributed by atoms with Gasteiger partial charge in [-0.2, -0.15) is 5.06 Å². The van der Waals surface area contributed by atoms with E-state index in [2.05, 4.69) is 55.7 Å². The molecule has 9 fully saturated rings. The first-order chi connectivity index (χ1) is 30.4. The van der Waals surface area contributed by atoms with Gasteiger partial charge in [0.1, 0.15) is 35.4 Å². The fourth-order valence-corrected chi connectivity index (χ4v) is 12.7. The van der Waals surface area contributed by atoms with Crippen molar-refractivity contribution in [3.8, 4) is 0 Å². The summed E-state index contributed by atoms with van der Waals surface area (Å²) in [5.74, 6) is -0.814. The van der Waals surface area contributed by atoms with Gasteiger partial charge in [-0.25, -0.2) is 0 Å². The Balaban J connectivity index is 0.873. The molecule has 4 aliphatic heterocycles. The lowest BCUT2D eigenvalue weighted by Gasteiger charge is -2.53. The number of nitrogens with one attached hydrogen (secondary N) is 2. The maximum atomic E-state index is 14.9. The minimum Gasteiger partial charge on any atom is -0.460 e. The molecule has 0 radical (unpaired) electrons. The molecule has 14 heteroatoms. The van der Waals surface area contributed by atoms with Gasteiger partial charge in [-0.15, -0.1) is 0 Å². The van der Waals surface area contributed by atoms with E-state index >= 15 is 0 Å². The Morgan fingerprint density at radius 1 is 0.984 bits per heavy atom. The molecule has 1 aromatic rings. The summed E-state index contributed by atoms with van der Waals surface area (Å²) in [6.45, 7) is 12.3. The molecule has 4 saturated heterocycles. The molecule has 350 valence electrons. The predicted octanol–water partition coefficient (Wildman–Crippen LogP) is 5.67. The van der Waals surface area contributed by atoms with E-state index in [0.29, 0.717) is 23.4 Å². The number of benzene rings is 1. The van der Waals surface area contributed by atoms with E-state index in [1.807, 2.05) is 6.07 Å². The molecule has 2 amide bonds. The maximum Gasteiger partial charge on any atom is 0.327 e. The number of epoxide rings is 1. The number of rotatable bonds is 14. The Morgan fingerprint density at radius 2 is 1.73 bits per heavy atom. The molecule has 64 heavy (non-hydrogen) atoms. The van der Waals surface area contributed by atoms with Gasteiger partial charge in [-0.05, 0) is 120 Å². The molecule has 3 N–H and O–H groups in total. The highest BCUT2D eigenvalue weighted by atomic mass is 16.8. The van der Waals surface area contributed by atoms with Gasteiger partial charge in [0.15, 0.2) is 11.8 Å². The lowest BCUT2D eigenvalue weighted by Crippen LogP contribution is -2.69. The minimum absolute atomic E-state index is 0.0167. The molecule has 2 bridgehead atoms. The van der Waals surface area contributed by atoms with Crippen LogP contribution in [0, 0.1) is 34.5 Å². The molecule has 1 aromatic carbocycles. The van der Waals surface area contributed by atoms with Gasteiger partial charge in [0.25, 0.3) is 0 Å². The summed E-state index contributed by atoms with van der Waals surface area (Å²) in [7, 11) is 0. The van der Waals surface area contributed by atoms with Crippen molar-refractivity contribution in [2.45, 2.75) is 191 Å². The van der Waals surface area contributed by atoms with Crippen LogP contribution in [0.15, 0.2) is 29.8 Å². The van der Waals surface area contributed by atoms with Gasteiger partial charge in [-0.1, -0.05) is 49.8 Å². The molecule has 10 rings (SSSR count). The zero-order valence-corrected chi connectivity index (χ0v) is 38.5. The molecule has 5 aliphatic carbocycles. The number of aliphatic hydroxyl groups is 1. The second kappa shape index (κ2) is 16.1. The lowest BCUT2D eigenvalue weighted by molar-refractivity contribution is -0.235. The van der Waals surface area contributed by atoms with Crippen LogP contribution >= 0.6 is 0 Å². The Kier molecular flexibility index (Phi) is 11.2. The zero-order valence-electron chi connectivity index (χ0n) is 38.5. The first-order valence-corrected chi connectivity index (χ1v) is 24.3. The molecule has 0 spiro atoms. The Bertz CT molecular complexity index is 2050. The second-order valence-electron chi connectivity index (χ2n) is 22.6. The van der Waals surface area contributed by atoms with Crippen molar-refractivity contribution in [2.24, 2.45) is 34.5 Å². The van der Waals surface area contributed by atoms with Gasteiger partial charge >= 0.3 is 11.9 Å². The standard InChI is InChI=1S/C50H69N3O11/c1-46(2,3)61-39(56)17-15-33(27-54)52-38(55)19-21-51-45(58)49-25-36-40-41(63-50(62-40,31-11-12-31)32-13-14-32)43(49)64-53(42(49)44(57)59-36)26-29-9-7-8-28(22-29)23-30-10-16-37-48(6,60-37)20-18-35-34(30)24-47(35,4)5/h7-9,22-23,31-37,40-43,54H,10-21,24-27H2,1-6H3,(H,51,58)(H,52,55)/t33-,34+,35+,36+,37?,40-,41-,42-,43+,48+,49-/m0/s1. The maximum absolute atomic E-state index is 14.9. The summed E-state index contributed by atoms with van der Waals surface area (Å²) in [6.07, 6.45) is 9.88. The van der Waals surface area contributed by atoms with E-state index in [1.165, 1.54) is 18.4 Å². The van der Waals surface area contributed by atoms with Gasteiger partial charge in [0.2, 0.25) is 11.8 Å². The fourth-order valence-electron chi connectivity index (χ4n) is 12.7. The van der Waals surface area contributed by atoms with Gasteiger partial charge in [0, 0.05) is 37.6 Å². The average Bonchev–Trinajstić information content (AvgIpc) is 4.18. The van der Waals surface area contributed by atoms with Gasteiger partial charge < -0.3 is 39.4 Å². The molecule has 9 aliphatic rings. The van der Waals surface area contributed by atoms with Crippen molar-refractivity contribution in [1.82, 2.24) is 15.7 Å². The second-order valence-corrected chi connectivity index (χ2v) is 22.6. The van der Waals surface area contributed by atoms with E-state index in [0.717, 1.165) is 56.1 Å². The molecule has 0 aromatic heterocycles. The highest BCUT2D eigenvalue weighted by Crippen LogP contribution is 2.64. The number of carbonyl (C=O) groups excluding carboxylic acids is 4. The van der Waals surface area contributed by atoms with Crippen molar-refractivity contribution in [3.05, 3.63) is 41.0 Å². The number of hydroxylamine groups is 2. The first kappa shape index (κ1) is 44.4. The van der Waals surface area contributed by atoms with Crippen LogP contribution in [0.5, 0.6) is 0 Å². The molecular formula is C50H69N3O11. The molecular weight excluding hydrogens is 819 g/mol. The highest BCUT2D eigenvalue weighted by Gasteiger charge is 2.78. The topological polar surface area (TPSA) is 174 Å². The Labute approximate surface area is 377 Å². The average molecular weight is 888 g/mol. The van der Waals surface area contributed by atoms with Crippen LogP contribution in [0.2, 0.25) is 0 Å². The molecule has 1 unspecified atom stereocenters. The van der Waals surface area contributed by atoms with Gasteiger partial charge in [0.05, 0.1) is 30.9 Å². The van der Waals surface area contributed by atoms with Crippen molar-refractivity contribution in [1.29, 1.82) is 0 Å². The van der Waals surface area contributed by atoms with Crippen LogP contribution in [0.25, 0.3) is 6.08 Å². The number of carbonyl (C=O) groups is 4. The Morgan fingerprint density at radius 3 is 2.44 bits per heavy atom. The molecule has 4 heterocycles. The van der Waals surface area contributed by atoms with Crippen LogP contribution in [0.3, 0.4) is 0 Å². The number of allylic oxidation sites excluding steroid dienone is 1. The summed E-state index contributed by atoms with van der Waals surface area (Å²) in [4.78, 5) is 61.5. The van der Waals surface area contributed by atoms with E-state index in [-0.39, 0.29) is 62.8 Å². The number of amides is 2. The third kappa shape index (κ3) is 8.13. The zero-order chi connectivity index (χ0) is 45.0. The van der Waals surface area contributed by atoms with E-state index < -0.39 is 77.1 Å². The normalized spacial score (nSPS) is 37.9. The van der Waals surface area contributed by atoms with Crippen molar-refractivity contribution in [2.75, 3.05) is 13.2 Å². The minimum atomic E-state index is -1.37. The highest BCUT2D eigenvalue weighted by molar-refractivity contribution is 5.94. The van der Waals surface area contributed by atoms with Crippen molar-refractivity contribution in [3.63, 3.8) is 0 Å². The number of hydrogen-bond acceptors (Lipinski definition) is 12. The number of ether oxygens (including phenoxy) is 5. The number of esters is 2. The quantitative estimate of drug-likeness (QED) is 0.155. The van der Waals surface area contributed by atoms with E-state index in [1.54, 1.807) is 25.8 Å². The number of hydrogen-bond donors (Lipinski definition) is 3. The lowest BCUT2D eigenvalue weighted by atomic mass is 9.52. The Hall–Kier alpha value is -3.40. The summed E-state index contributed by atoms with van der Waals surface area (Å²) >= 11 is 0. The van der Waals surface area contributed by atoms with Crippen LogP contribution in [0.1, 0.15) is 136 Å². The van der Waals surface area contributed by atoms with Crippen LogP contribution in [0.4, 0.5) is 0 Å². The van der Waals surface area contributed by atoms with E-state index in [4.69, 9.17) is 28.5 Å². The first-order valence-electron chi connectivity index (χ1n) is 24.3. The number of fused-ring (bicyclic) bond motifs is 6. The smallest absolute Gasteiger partial charge is 0.327 e. The fraction of sp³-hybridized carbons (Fsp3) is 0.760. The number of aliphatic hydroxyl groups excluding tert-OH is 1. The van der Waals surface area contributed by atoms with Crippen molar-refractivity contribution >= 4 is 29.8 Å². The summed E-state index contributed by atoms with van der Waals surface area (Å²) < 4.78 is 31.8. The van der Waals surface area contributed by atoms with Crippen LogP contribution in [-0.4, -0.2) is 107 Å². The third-order valence-electron chi connectivity index (χ3n) is 16.3. The summed E-state index contributed by atoms with van der Waals surface area (Å²) in [5.41, 5.74) is 1.85. The SMILES string of the molecule is CC(C)(C)OC(=O)CC[C@@H](CO)NC(=O)CCNC(=O)[C@@]12C[C@H]3OC(=O)[C@@H]1N(Cc1cccc(C=C4CCC5O[C@]5(C)CC[C@@H]5[C@@H]4CC5(C)C)c1)O[C@@H]2[C@H]1OC(C2CC2)(C2CC2)O[C@H]13. The van der Waals surface area contributed by atoms with E-state index in [9.17, 15) is 24.3 Å². The van der Waals surface area contributed by atoms with Crippen LogP contribution < -0.4 is 10.6 Å². The monoisotopic (exact) mass is 887 g/mol. The van der Waals surface area contributed by atoms with Gasteiger partial charge in [-0.3, -0.25) is 24.0 Å². The summed E-state index contributed by atoms with van der Waals surface area (Å²) in [6, 6.07) is 6.68.